The fourth-order valence-electron chi connectivity index (χ4n) is 1.16. The number of carbonyl (C=O) groups is 1. The highest BCUT2D eigenvalue weighted by Gasteiger charge is 2.09. The third-order valence-electron chi connectivity index (χ3n) is 1.83. The van der Waals surface area contributed by atoms with E-state index >= 15 is 0 Å². The van der Waals surface area contributed by atoms with Crippen LogP contribution in [0.2, 0.25) is 0 Å². The smallest absolute Gasteiger partial charge is 0.406 e. The van der Waals surface area contributed by atoms with Gasteiger partial charge in [-0.05, 0) is 5.56 Å². The van der Waals surface area contributed by atoms with E-state index in [-0.39, 0.29) is 0 Å². The molecule has 1 amide bonds. The van der Waals surface area contributed by atoms with Crippen molar-refractivity contribution in [1.29, 1.82) is 0 Å². The molecule has 1 unspecified atom stereocenters. The van der Waals surface area contributed by atoms with E-state index < -0.39 is 12.3 Å². The first-order valence-electron chi connectivity index (χ1n) is 4.28. The molecule has 0 aliphatic heterocycles. The van der Waals surface area contributed by atoms with Crippen molar-refractivity contribution in [3.63, 3.8) is 0 Å². The van der Waals surface area contributed by atoms with Crippen LogP contribution in [0.15, 0.2) is 30.3 Å². The van der Waals surface area contributed by atoms with Crippen molar-refractivity contribution in [3.8, 4) is 0 Å². The lowest BCUT2D eigenvalue weighted by molar-refractivity contribution is 0.0721. The van der Waals surface area contributed by atoms with Gasteiger partial charge in [-0.1, -0.05) is 30.3 Å². The van der Waals surface area contributed by atoms with Gasteiger partial charge >= 0.3 is 6.09 Å². The predicted molar refractivity (Wildman–Crippen MR) is 52.1 cm³/mol. The largest absolute Gasteiger partial charge is 0.465 e. The Kier molecular flexibility index (Phi) is 3.94. The second-order valence-electron chi connectivity index (χ2n) is 2.86. The Morgan fingerprint density at radius 1 is 1.50 bits per heavy atom. The molecule has 1 aromatic carbocycles. The highest BCUT2D eigenvalue weighted by atomic mass is 16.5. The minimum absolute atomic E-state index is 0.491. The summed E-state index contributed by atoms with van der Waals surface area (Å²) in [5, 5.41) is 10.8. The average Bonchev–Trinajstić information content (AvgIpc) is 2.17. The number of amides is 1. The van der Waals surface area contributed by atoms with Crippen LogP contribution in [-0.4, -0.2) is 24.5 Å². The minimum Gasteiger partial charge on any atom is -0.465 e. The Hall–Kier alpha value is -1.55. The van der Waals surface area contributed by atoms with Crippen LogP contribution in [0.1, 0.15) is 5.56 Å². The lowest BCUT2D eigenvalue weighted by Crippen LogP contribution is -2.36. The summed E-state index contributed by atoms with van der Waals surface area (Å²) in [6.07, 6.45) is -1.04. The number of carboxylic acid groups (broad SMARTS) is 1. The molecule has 4 heteroatoms. The summed E-state index contributed by atoms with van der Waals surface area (Å²) in [6.45, 7) is 0. The third-order valence-corrected chi connectivity index (χ3v) is 1.83. The first-order chi connectivity index (χ1) is 6.72. The number of rotatable bonds is 4. The van der Waals surface area contributed by atoms with Gasteiger partial charge in [-0.15, -0.1) is 0 Å². The molecule has 0 spiro atoms. The minimum atomic E-state index is -1.08. The molecule has 76 valence electrons. The zero-order chi connectivity index (χ0) is 10.4. The van der Waals surface area contributed by atoms with Gasteiger partial charge in [0.1, 0.15) is 6.23 Å². The molecule has 1 aromatic rings. The Balaban J connectivity index is 2.53. The molecular weight excluding hydrogens is 182 g/mol. The molecular formula is C10H13NO3. The molecule has 1 rings (SSSR count). The average molecular weight is 195 g/mol. The van der Waals surface area contributed by atoms with Gasteiger partial charge in [0.15, 0.2) is 0 Å². The summed E-state index contributed by atoms with van der Waals surface area (Å²) in [4.78, 5) is 10.4. The molecule has 1 atom stereocenters. The van der Waals surface area contributed by atoms with Crippen LogP contribution >= 0.6 is 0 Å². The predicted octanol–water partition coefficient (Wildman–Crippen LogP) is 1.47. The molecule has 0 fully saturated rings. The van der Waals surface area contributed by atoms with Crippen LogP contribution in [0.4, 0.5) is 4.79 Å². The van der Waals surface area contributed by atoms with Crippen LogP contribution in [0.3, 0.4) is 0 Å². The fraction of sp³-hybridized carbons (Fsp3) is 0.300. The number of hydrogen-bond acceptors (Lipinski definition) is 2. The summed E-state index contributed by atoms with van der Waals surface area (Å²) >= 11 is 0. The van der Waals surface area contributed by atoms with E-state index in [1.54, 1.807) is 0 Å². The highest BCUT2D eigenvalue weighted by Crippen LogP contribution is 2.03. The maximum atomic E-state index is 10.4. The SMILES string of the molecule is COC(Cc1ccccc1)NC(=O)O. The van der Waals surface area contributed by atoms with Gasteiger partial charge in [-0.25, -0.2) is 4.79 Å². The Labute approximate surface area is 82.5 Å². The van der Waals surface area contributed by atoms with Gasteiger partial charge in [-0.3, -0.25) is 5.32 Å². The van der Waals surface area contributed by atoms with Gasteiger partial charge in [0.25, 0.3) is 0 Å². The van der Waals surface area contributed by atoms with Crippen molar-refractivity contribution in [2.45, 2.75) is 12.6 Å². The summed E-state index contributed by atoms with van der Waals surface area (Å²) in [6, 6.07) is 9.58. The summed E-state index contributed by atoms with van der Waals surface area (Å²) in [5.41, 5.74) is 1.04. The molecule has 4 nitrogen and oxygen atoms in total. The molecule has 0 aliphatic carbocycles. The van der Waals surface area contributed by atoms with E-state index in [9.17, 15) is 4.79 Å². The van der Waals surface area contributed by atoms with E-state index in [0.29, 0.717) is 6.42 Å². The van der Waals surface area contributed by atoms with E-state index in [0.717, 1.165) is 5.56 Å². The molecule has 0 saturated carbocycles. The van der Waals surface area contributed by atoms with Crippen LogP contribution in [0.25, 0.3) is 0 Å². The maximum Gasteiger partial charge on any atom is 0.406 e. The number of methoxy groups -OCH3 is 1. The molecule has 0 radical (unpaired) electrons. The van der Waals surface area contributed by atoms with Crippen LogP contribution in [0.5, 0.6) is 0 Å². The fourth-order valence-corrected chi connectivity index (χ4v) is 1.16. The van der Waals surface area contributed by atoms with E-state index in [1.165, 1.54) is 7.11 Å². The molecule has 0 aliphatic rings. The highest BCUT2D eigenvalue weighted by molar-refractivity contribution is 5.64. The number of ether oxygens (including phenoxy) is 1. The second kappa shape index (κ2) is 5.24. The Bertz CT molecular complexity index is 287. The topological polar surface area (TPSA) is 58.6 Å². The first-order valence-corrected chi connectivity index (χ1v) is 4.28. The number of hydrogen-bond donors (Lipinski definition) is 2. The molecule has 14 heavy (non-hydrogen) atoms. The van der Waals surface area contributed by atoms with Crippen LogP contribution < -0.4 is 5.32 Å². The molecule has 2 N–H and O–H groups in total. The van der Waals surface area contributed by atoms with Gasteiger partial charge in [0, 0.05) is 13.5 Å². The number of nitrogens with one attached hydrogen (secondary N) is 1. The van der Waals surface area contributed by atoms with Crippen molar-refractivity contribution < 1.29 is 14.6 Å². The second-order valence-corrected chi connectivity index (χ2v) is 2.86. The van der Waals surface area contributed by atoms with Crippen molar-refractivity contribution in [2.75, 3.05) is 7.11 Å². The van der Waals surface area contributed by atoms with Crippen molar-refractivity contribution in [1.82, 2.24) is 5.32 Å². The quantitative estimate of drug-likeness (QED) is 0.715. The zero-order valence-electron chi connectivity index (χ0n) is 7.93. The van der Waals surface area contributed by atoms with E-state index in [4.69, 9.17) is 9.84 Å². The van der Waals surface area contributed by atoms with E-state index in [2.05, 4.69) is 5.32 Å². The van der Waals surface area contributed by atoms with Gasteiger partial charge < -0.3 is 9.84 Å². The molecule has 0 saturated heterocycles. The maximum absolute atomic E-state index is 10.4. The first kappa shape index (κ1) is 10.5. The van der Waals surface area contributed by atoms with Gasteiger partial charge in [0.2, 0.25) is 0 Å². The Morgan fingerprint density at radius 3 is 2.64 bits per heavy atom. The third kappa shape index (κ3) is 3.45. The molecule has 0 aromatic heterocycles. The van der Waals surface area contributed by atoms with Crippen molar-refractivity contribution in [3.05, 3.63) is 35.9 Å². The Morgan fingerprint density at radius 2 is 2.14 bits per heavy atom. The van der Waals surface area contributed by atoms with E-state index in [1.807, 2.05) is 30.3 Å². The monoisotopic (exact) mass is 195 g/mol. The van der Waals surface area contributed by atoms with Crippen LogP contribution in [-0.2, 0) is 11.2 Å². The summed E-state index contributed by atoms with van der Waals surface area (Å²) in [5.74, 6) is 0. The lowest BCUT2D eigenvalue weighted by Gasteiger charge is -2.14. The summed E-state index contributed by atoms with van der Waals surface area (Å²) < 4.78 is 4.97. The normalized spacial score (nSPS) is 12.1. The standard InChI is InChI=1S/C10H13NO3/c1-14-9(11-10(12)13)7-8-5-3-2-4-6-8/h2-6,9,11H,7H2,1H3,(H,12,13). The molecule has 0 heterocycles. The number of benzene rings is 1. The van der Waals surface area contributed by atoms with Crippen LogP contribution in [0, 0.1) is 0 Å². The summed E-state index contributed by atoms with van der Waals surface area (Å²) in [7, 11) is 1.48. The van der Waals surface area contributed by atoms with Crippen molar-refractivity contribution >= 4 is 6.09 Å². The molecule has 0 bridgehead atoms. The zero-order valence-corrected chi connectivity index (χ0v) is 7.93. The van der Waals surface area contributed by atoms with Gasteiger partial charge in [-0.2, -0.15) is 0 Å². The lowest BCUT2D eigenvalue weighted by atomic mass is 10.1. The van der Waals surface area contributed by atoms with Gasteiger partial charge in [0.05, 0.1) is 0 Å². The van der Waals surface area contributed by atoms with Crippen molar-refractivity contribution in [2.24, 2.45) is 0 Å².